The standard InChI is InChI=1S/C8H16O4P2/c1-13(9,10)7-3-5-8(6-4-7)14(2,11)12/h3,5,9-12H,4,6H2,1-2H3/q+2. The predicted molar refractivity (Wildman–Crippen MR) is 60.0 cm³/mol. The Hall–Kier alpha value is 0.180. The van der Waals surface area contributed by atoms with Crippen molar-refractivity contribution < 1.29 is 19.6 Å². The maximum absolute atomic E-state index is 9.38. The Morgan fingerprint density at radius 1 is 0.857 bits per heavy atom. The van der Waals surface area contributed by atoms with Gasteiger partial charge in [-0.25, -0.2) is 19.6 Å². The first-order valence-electron chi connectivity index (χ1n) is 4.26. The van der Waals surface area contributed by atoms with Gasteiger partial charge in [-0.1, -0.05) is 0 Å². The van der Waals surface area contributed by atoms with Gasteiger partial charge in [-0.3, -0.25) is 0 Å². The van der Waals surface area contributed by atoms with Crippen molar-refractivity contribution in [3.05, 3.63) is 22.8 Å². The zero-order valence-corrected chi connectivity index (χ0v) is 10.0. The molecule has 0 bridgehead atoms. The highest BCUT2D eigenvalue weighted by Crippen LogP contribution is 2.62. The van der Waals surface area contributed by atoms with Gasteiger partial charge in [-0.2, -0.15) is 0 Å². The largest absolute Gasteiger partial charge is 0.292 e. The molecule has 1 aliphatic carbocycles. The molecular formula is C8H16O4P2+2. The average molecular weight is 238 g/mol. The van der Waals surface area contributed by atoms with E-state index in [1.165, 1.54) is 13.3 Å². The molecule has 0 heterocycles. The van der Waals surface area contributed by atoms with E-state index in [1.807, 2.05) is 0 Å². The molecule has 0 aromatic carbocycles. The quantitative estimate of drug-likeness (QED) is 0.549. The molecule has 1 aliphatic rings. The molecule has 0 aromatic heterocycles. The zero-order valence-electron chi connectivity index (χ0n) is 8.25. The Bertz CT molecular complexity index is 253. The van der Waals surface area contributed by atoms with Gasteiger partial charge in [0, 0.05) is 12.8 Å². The molecule has 0 aromatic rings. The summed E-state index contributed by atoms with van der Waals surface area (Å²) in [5, 5.41) is 1.21. The van der Waals surface area contributed by atoms with E-state index in [0.29, 0.717) is 23.5 Å². The van der Waals surface area contributed by atoms with E-state index in [2.05, 4.69) is 0 Å². The molecule has 4 nitrogen and oxygen atoms in total. The third-order valence-corrected chi connectivity index (χ3v) is 5.12. The Kier molecular flexibility index (Phi) is 3.48. The van der Waals surface area contributed by atoms with Crippen molar-refractivity contribution in [3.63, 3.8) is 0 Å². The van der Waals surface area contributed by atoms with Crippen molar-refractivity contribution in [2.45, 2.75) is 12.8 Å². The van der Waals surface area contributed by atoms with E-state index < -0.39 is 15.4 Å². The van der Waals surface area contributed by atoms with Crippen molar-refractivity contribution in [2.24, 2.45) is 0 Å². The third kappa shape index (κ3) is 3.09. The van der Waals surface area contributed by atoms with Crippen LogP contribution in [0.3, 0.4) is 0 Å². The summed E-state index contributed by atoms with van der Waals surface area (Å²) in [4.78, 5) is 37.5. The molecule has 0 fully saturated rings. The first-order valence-corrected chi connectivity index (χ1v) is 8.54. The predicted octanol–water partition coefficient (Wildman–Crippen LogP) is 1.47. The van der Waals surface area contributed by atoms with E-state index in [4.69, 9.17) is 0 Å². The minimum Gasteiger partial charge on any atom is -0.215 e. The average Bonchev–Trinajstić information content (AvgIpc) is 2.01. The second kappa shape index (κ2) is 3.97. The van der Waals surface area contributed by atoms with Gasteiger partial charge in [0.1, 0.15) is 24.0 Å². The van der Waals surface area contributed by atoms with Gasteiger partial charge < -0.3 is 0 Å². The van der Waals surface area contributed by atoms with Gasteiger partial charge in [-0.15, -0.1) is 0 Å². The molecule has 14 heavy (non-hydrogen) atoms. The fourth-order valence-electron chi connectivity index (χ4n) is 1.32. The topological polar surface area (TPSA) is 80.9 Å². The van der Waals surface area contributed by atoms with Crippen molar-refractivity contribution in [1.29, 1.82) is 0 Å². The minimum atomic E-state index is -2.90. The zero-order chi connectivity index (χ0) is 11.0. The van der Waals surface area contributed by atoms with Crippen LogP contribution in [0.4, 0.5) is 0 Å². The normalized spacial score (nSPS) is 19.0. The van der Waals surface area contributed by atoms with E-state index in [9.17, 15) is 19.6 Å². The molecule has 0 amide bonds. The lowest BCUT2D eigenvalue weighted by Crippen LogP contribution is -2.01. The Morgan fingerprint density at radius 2 is 1.14 bits per heavy atom. The molecule has 80 valence electrons. The summed E-state index contributed by atoms with van der Waals surface area (Å²) in [5.41, 5.74) is 0. The van der Waals surface area contributed by atoms with Crippen LogP contribution < -0.4 is 0 Å². The van der Waals surface area contributed by atoms with Crippen LogP contribution in [0, 0.1) is 0 Å². The summed E-state index contributed by atoms with van der Waals surface area (Å²) >= 11 is 0. The van der Waals surface area contributed by atoms with E-state index in [-0.39, 0.29) is 0 Å². The van der Waals surface area contributed by atoms with Crippen LogP contribution in [0.15, 0.2) is 22.8 Å². The Morgan fingerprint density at radius 3 is 1.29 bits per heavy atom. The summed E-state index contributed by atoms with van der Waals surface area (Å²) < 4.78 is 0. The van der Waals surface area contributed by atoms with Gasteiger partial charge in [0.25, 0.3) is 15.4 Å². The lowest BCUT2D eigenvalue weighted by atomic mass is 10.2. The van der Waals surface area contributed by atoms with E-state index in [0.717, 1.165) is 0 Å². The molecule has 6 heteroatoms. The SMILES string of the molecule is C[P+](O)(O)C1=CC=C([P+](C)(O)O)CC1. The van der Waals surface area contributed by atoms with Crippen molar-refractivity contribution >= 4 is 15.4 Å². The lowest BCUT2D eigenvalue weighted by Gasteiger charge is -2.16. The number of allylic oxidation sites excluding steroid dienone is 4. The summed E-state index contributed by atoms with van der Waals surface area (Å²) in [5.74, 6) is 0. The maximum atomic E-state index is 9.38. The van der Waals surface area contributed by atoms with Crippen molar-refractivity contribution in [3.8, 4) is 0 Å². The smallest absolute Gasteiger partial charge is 0.215 e. The molecule has 4 N–H and O–H groups in total. The monoisotopic (exact) mass is 238 g/mol. The molecular weight excluding hydrogens is 222 g/mol. The molecule has 0 spiro atoms. The minimum absolute atomic E-state index is 0.500. The van der Waals surface area contributed by atoms with Gasteiger partial charge in [0.2, 0.25) is 0 Å². The summed E-state index contributed by atoms with van der Waals surface area (Å²) in [7, 11) is -5.81. The summed E-state index contributed by atoms with van der Waals surface area (Å²) in [6.45, 7) is 2.81. The van der Waals surface area contributed by atoms with Gasteiger partial charge in [-0.05, 0) is 12.2 Å². The second-order valence-corrected chi connectivity index (χ2v) is 8.44. The van der Waals surface area contributed by atoms with Crippen LogP contribution in [0.25, 0.3) is 0 Å². The van der Waals surface area contributed by atoms with E-state index >= 15 is 0 Å². The highest BCUT2D eigenvalue weighted by atomic mass is 31.2. The highest BCUT2D eigenvalue weighted by molar-refractivity contribution is 7.68. The molecule has 0 saturated heterocycles. The molecule has 0 unspecified atom stereocenters. The van der Waals surface area contributed by atoms with E-state index in [1.54, 1.807) is 12.2 Å². The lowest BCUT2D eigenvalue weighted by molar-refractivity contribution is 0.459. The Balaban J connectivity index is 2.85. The fourth-order valence-corrected chi connectivity index (χ4v) is 3.11. The molecule has 0 saturated carbocycles. The van der Waals surface area contributed by atoms with Crippen LogP contribution in [0.1, 0.15) is 12.8 Å². The first kappa shape index (κ1) is 12.3. The Labute approximate surface area is 84.6 Å². The van der Waals surface area contributed by atoms with Crippen LogP contribution in [0.5, 0.6) is 0 Å². The maximum Gasteiger partial charge on any atom is 0.292 e. The first-order chi connectivity index (χ1) is 6.21. The fraction of sp³-hybridized carbons (Fsp3) is 0.500. The third-order valence-electron chi connectivity index (χ3n) is 2.19. The number of rotatable bonds is 2. The van der Waals surface area contributed by atoms with Crippen LogP contribution in [-0.2, 0) is 0 Å². The number of hydrogen-bond acceptors (Lipinski definition) is 4. The molecule has 0 atom stereocenters. The van der Waals surface area contributed by atoms with Crippen LogP contribution >= 0.6 is 15.4 Å². The number of hydrogen-bond donors (Lipinski definition) is 4. The molecule has 1 rings (SSSR count). The summed E-state index contributed by atoms with van der Waals surface area (Å²) in [6, 6.07) is 0. The van der Waals surface area contributed by atoms with Gasteiger partial charge in [0.05, 0.1) is 0 Å². The van der Waals surface area contributed by atoms with Crippen LogP contribution in [-0.4, -0.2) is 32.9 Å². The molecule has 0 aliphatic heterocycles. The van der Waals surface area contributed by atoms with Crippen molar-refractivity contribution in [2.75, 3.05) is 13.3 Å². The van der Waals surface area contributed by atoms with Crippen molar-refractivity contribution in [1.82, 2.24) is 0 Å². The second-order valence-electron chi connectivity index (χ2n) is 3.64. The van der Waals surface area contributed by atoms with Gasteiger partial charge in [0.15, 0.2) is 0 Å². The van der Waals surface area contributed by atoms with Gasteiger partial charge >= 0.3 is 0 Å². The molecule has 0 radical (unpaired) electrons. The van der Waals surface area contributed by atoms with Crippen LogP contribution in [0.2, 0.25) is 0 Å². The summed E-state index contributed by atoms with van der Waals surface area (Å²) in [6.07, 6.45) is 4.19. The highest BCUT2D eigenvalue weighted by Gasteiger charge is 2.38.